The predicted molar refractivity (Wildman–Crippen MR) is 170 cm³/mol. The van der Waals surface area contributed by atoms with E-state index in [0.717, 1.165) is 41.7 Å². The molecule has 0 radical (unpaired) electrons. The van der Waals surface area contributed by atoms with Crippen molar-refractivity contribution in [2.45, 2.75) is 49.9 Å². The number of carbonyl (C=O) groups is 1. The summed E-state index contributed by atoms with van der Waals surface area (Å²) < 4.78 is 39.8. The van der Waals surface area contributed by atoms with Gasteiger partial charge in [0.1, 0.15) is 5.82 Å². The second-order valence-electron chi connectivity index (χ2n) is 12.2. The van der Waals surface area contributed by atoms with E-state index < -0.39 is 29.2 Å². The number of pyridine rings is 1. The molecular formula is C37H31F3N4O3. The Labute approximate surface area is 268 Å². The first-order valence-corrected chi connectivity index (χ1v) is 15.5. The van der Waals surface area contributed by atoms with Crippen LogP contribution in [0, 0.1) is 0 Å². The molecule has 0 bridgehead atoms. The minimum absolute atomic E-state index is 0.0147. The lowest BCUT2D eigenvalue weighted by atomic mass is 9.93. The van der Waals surface area contributed by atoms with Gasteiger partial charge in [-0.3, -0.25) is 14.6 Å². The molecule has 1 aliphatic heterocycles. The number of nitrogens with one attached hydrogen (secondary N) is 1. The summed E-state index contributed by atoms with van der Waals surface area (Å²) >= 11 is 0. The number of fused-ring (bicyclic) bond motifs is 1. The highest BCUT2D eigenvalue weighted by molar-refractivity contribution is 5.83. The number of aromatic nitrogens is 3. The Kier molecular flexibility index (Phi) is 7.76. The van der Waals surface area contributed by atoms with Gasteiger partial charge in [0.05, 0.1) is 28.8 Å². The number of hydrogen-bond donors (Lipinski definition) is 2. The van der Waals surface area contributed by atoms with Crippen LogP contribution in [0.4, 0.5) is 13.2 Å². The van der Waals surface area contributed by atoms with Crippen molar-refractivity contribution in [3.05, 3.63) is 141 Å². The van der Waals surface area contributed by atoms with Gasteiger partial charge in [-0.2, -0.15) is 13.2 Å². The maximum atomic E-state index is 13.6. The van der Waals surface area contributed by atoms with E-state index in [-0.39, 0.29) is 17.7 Å². The van der Waals surface area contributed by atoms with Gasteiger partial charge in [0.2, 0.25) is 0 Å². The zero-order valence-electron chi connectivity index (χ0n) is 25.3. The van der Waals surface area contributed by atoms with Crippen LogP contribution >= 0.6 is 0 Å². The van der Waals surface area contributed by atoms with Crippen LogP contribution in [-0.2, 0) is 29.4 Å². The summed E-state index contributed by atoms with van der Waals surface area (Å²) in [5.74, 6) is 0.00413. The third kappa shape index (κ3) is 5.96. The van der Waals surface area contributed by atoms with E-state index in [9.17, 15) is 27.9 Å². The van der Waals surface area contributed by atoms with Crippen molar-refractivity contribution >= 4 is 5.91 Å². The topological polar surface area (TPSA) is 99.2 Å². The SMILES string of the molecule is O=C([C@H](O)c1cccc(-c2cccc(C(F)(F)F)c2)c1)N1CCCc2nc(C3(c4cncc(-c5ccccc5)c4)CC3)[nH]c(=O)c2C1. The Morgan fingerprint density at radius 1 is 0.894 bits per heavy atom. The van der Waals surface area contributed by atoms with E-state index in [0.29, 0.717) is 47.6 Å². The third-order valence-electron chi connectivity index (χ3n) is 9.16. The van der Waals surface area contributed by atoms with Crippen molar-refractivity contribution in [2.75, 3.05) is 6.54 Å². The molecule has 0 saturated heterocycles. The average molecular weight is 637 g/mol. The molecule has 0 unspecified atom stereocenters. The number of benzene rings is 3. The molecule has 10 heteroatoms. The quantitative estimate of drug-likeness (QED) is 0.219. The molecule has 2 aromatic heterocycles. The van der Waals surface area contributed by atoms with Crippen molar-refractivity contribution in [3.8, 4) is 22.3 Å². The first kappa shape index (κ1) is 30.6. The zero-order valence-corrected chi connectivity index (χ0v) is 25.3. The van der Waals surface area contributed by atoms with Crippen LogP contribution in [0.5, 0.6) is 0 Å². The Bertz CT molecular complexity index is 2020. The van der Waals surface area contributed by atoms with E-state index in [1.807, 2.05) is 42.7 Å². The largest absolute Gasteiger partial charge is 0.416 e. The fourth-order valence-corrected chi connectivity index (χ4v) is 6.39. The highest BCUT2D eigenvalue weighted by Crippen LogP contribution is 2.52. The number of H-pyrrole nitrogens is 1. The molecule has 238 valence electrons. The van der Waals surface area contributed by atoms with Crippen molar-refractivity contribution in [3.63, 3.8) is 0 Å². The maximum Gasteiger partial charge on any atom is 0.416 e. The van der Waals surface area contributed by atoms with Gasteiger partial charge in [-0.25, -0.2) is 4.98 Å². The smallest absolute Gasteiger partial charge is 0.378 e. The van der Waals surface area contributed by atoms with E-state index in [4.69, 9.17) is 4.98 Å². The monoisotopic (exact) mass is 636 g/mol. The van der Waals surface area contributed by atoms with E-state index in [1.54, 1.807) is 24.3 Å². The summed E-state index contributed by atoms with van der Waals surface area (Å²) in [6.45, 7) is 0.293. The molecule has 47 heavy (non-hydrogen) atoms. The van der Waals surface area contributed by atoms with Gasteiger partial charge in [-0.15, -0.1) is 0 Å². The molecule has 1 saturated carbocycles. The van der Waals surface area contributed by atoms with Crippen LogP contribution in [0.1, 0.15) is 59.1 Å². The van der Waals surface area contributed by atoms with Gasteiger partial charge < -0.3 is 15.0 Å². The number of hydrogen-bond acceptors (Lipinski definition) is 5. The number of halogens is 3. The number of amides is 1. The molecule has 1 fully saturated rings. The van der Waals surface area contributed by atoms with Gasteiger partial charge in [-0.1, -0.05) is 60.7 Å². The summed E-state index contributed by atoms with van der Waals surface area (Å²) in [5, 5.41) is 11.1. The highest BCUT2D eigenvalue weighted by atomic mass is 19.4. The third-order valence-corrected chi connectivity index (χ3v) is 9.16. The van der Waals surface area contributed by atoms with Gasteiger partial charge in [0.15, 0.2) is 6.10 Å². The van der Waals surface area contributed by atoms with E-state index in [2.05, 4.69) is 16.0 Å². The molecule has 2 N–H and O–H groups in total. The van der Waals surface area contributed by atoms with Crippen LogP contribution in [0.25, 0.3) is 22.3 Å². The van der Waals surface area contributed by atoms with Gasteiger partial charge >= 0.3 is 6.18 Å². The Morgan fingerprint density at radius 3 is 2.36 bits per heavy atom. The fourth-order valence-electron chi connectivity index (χ4n) is 6.39. The van der Waals surface area contributed by atoms with Crippen LogP contribution in [0.2, 0.25) is 0 Å². The van der Waals surface area contributed by atoms with Crippen LogP contribution in [0.15, 0.2) is 102 Å². The zero-order chi connectivity index (χ0) is 32.8. The number of aromatic amines is 1. The molecule has 5 aromatic rings. The number of alkyl halides is 3. The molecule has 2 aliphatic rings. The van der Waals surface area contributed by atoms with Crippen LogP contribution in [0.3, 0.4) is 0 Å². The van der Waals surface area contributed by atoms with Crippen molar-refractivity contribution in [1.29, 1.82) is 0 Å². The molecule has 1 amide bonds. The van der Waals surface area contributed by atoms with E-state index >= 15 is 0 Å². The molecule has 1 aliphatic carbocycles. The summed E-state index contributed by atoms with van der Waals surface area (Å²) in [5.41, 5.74) is 3.51. The number of aliphatic hydroxyl groups excluding tert-OH is 1. The van der Waals surface area contributed by atoms with Crippen molar-refractivity contribution in [1.82, 2.24) is 19.9 Å². The number of nitrogens with zero attached hydrogens (tertiary/aromatic N) is 3. The fraction of sp³-hybridized carbons (Fsp3) is 0.243. The molecule has 3 heterocycles. The van der Waals surface area contributed by atoms with Gasteiger partial charge in [0, 0.05) is 24.5 Å². The van der Waals surface area contributed by atoms with Gasteiger partial charge in [-0.05, 0) is 77.8 Å². The first-order chi connectivity index (χ1) is 22.6. The number of aliphatic hydroxyl groups is 1. The molecular weight excluding hydrogens is 605 g/mol. The van der Waals surface area contributed by atoms with Crippen LogP contribution < -0.4 is 5.56 Å². The first-order valence-electron chi connectivity index (χ1n) is 15.5. The highest BCUT2D eigenvalue weighted by Gasteiger charge is 2.49. The van der Waals surface area contributed by atoms with E-state index in [1.165, 1.54) is 17.0 Å². The Morgan fingerprint density at radius 2 is 1.62 bits per heavy atom. The molecule has 1 atom stereocenters. The Hall–Kier alpha value is -5.09. The average Bonchev–Trinajstić information content (AvgIpc) is 3.93. The molecule has 0 spiro atoms. The molecule has 3 aromatic carbocycles. The number of aryl methyl sites for hydroxylation is 1. The minimum Gasteiger partial charge on any atom is -0.378 e. The minimum atomic E-state index is -4.50. The summed E-state index contributed by atoms with van der Waals surface area (Å²) in [7, 11) is 0. The summed E-state index contributed by atoms with van der Waals surface area (Å²) in [4.78, 5) is 41.0. The number of carbonyl (C=O) groups excluding carboxylic acids is 1. The Balaban J connectivity index is 1.12. The standard InChI is InChI=1S/C37H31F3N4O3/c38-37(39,40)28-12-5-10-25(18-28)24-9-4-11-26(17-24)32(45)34(47)44-16-6-13-31-30(22-44)33(46)43-35(42-31)36(14-15-36)29-19-27(20-41-21-29)23-7-2-1-3-8-23/h1-5,7-12,17-21,32,45H,6,13-16,22H2,(H,42,43,46)/t32-/m1/s1. The lowest BCUT2D eigenvalue weighted by Crippen LogP contribution is -2.36. The van der Waals surface area contributed by atoms with Crippen molar-refractivity contribution < 1.29 is 23.1 Å². The number of rotatable bonds is 6. The van der Waals surface area contributed by atoms with Crippen LogP contribution in [-0.4, -0.2) is 37.4 Å². The second-order valence-corrected chi connectivity index (χ2v) is 12.2. The van der Waals surface area contributed by atoms with Crippen molar-refractivity contribution in [2.24, 2.45) is 0 Å². The lowest BCUT2D eigenvalue weighted by Gasteiger charge is -2.24. The summed E-state index contributed by atoms with van der Waals surface area (Å²) in [6.07, 6.45) is 0.282. The lowest BCUT2D eigenvalue weighted by molar-refractivity contribution is -0.141. The maximum absolute atomic E-state index is 13.6. The van der Waals surface area contributed by atoms with Gasteiger partial charge in [0.25, 0.3) is 11.5 Å². The molecule has 7 rings (SSSR count). The normalized spacial score (nSPS) is 16.2. The second kappa shape index (κ2) is 11.9. The molecule has 7 nitrogen and oxygen atoms in total. The summed E-state index contributed by atoms with van der Waals surface area (Å²) in [6, 6.07) is 23.3. The predicted octanol–water partition coefficient (Wildman–Crippen LogP) is 6.61.